The molecule has 0 atom stereocenters. The Hall–Kier alpha value is -2.33. The van der Waals surface area contributed by atoms with Crippen LogP contribution in [0, 0.1) is 19.4 Å². The molecule has 2 aliphatic rings. The van der Waals surface area contributed by atoms with Gasteiger partial charge < -0.3 is 19.6 Å². The van der Waals surface area contributed by atoms with Crippen LogP contribution in [0.2, 0.25) is 0 Å². The summed E-state index contributed by atoms with van der Waals surface area (Å²) in [6.07, 6.45) is 0. The van der Waals surface area contributed by atoms with Gasteiger partial charge in [0.1, 0.15) is 0 Å². The van der Waals surface area contributed by atoms with Crippen LogP contribution in [-0.4, -0.2) is 14.1 Å². The van der Waals surface area contributed by atoms with E-state index in [9.17, 15) is 0 Å². The molecule has 3 aromatic rings. The van der Waals surface area contributed by atoms with Crippen molar-refractivity contribution >= 4 is 44.2 Å². The zero-order valence-corrected chi connectivity index (χ0v) is 17.2. The van der Waals surface area contributed by atoms with E-state index in [0.29, 0.717) is 0 Å². The molecule has 4 nitrogen and oxygen atoms in total. The summed E-state index contributed by atoms with van der Waals surface area (Å²) in [5, 5.41) is 0. The van der Waals surface area contributed by atoms with Gasteiger partial charge in [-0.25, -0.2) is 0 Å². The summed E-state index contributed by atoms with van der Waals surface area (Å²) < 4.78 is 0. The molecular weight excluding hydrogens is 419 g/mol. The molecule has 6 heteroatoms. The maximum atomic E-state index is 4.20. The summed E-state index contributed by atoms with van der Waals surface area (Å²) in [7, 11) is 8.34. The summed E-state index contributed by atoms with van der Waals surface area (Å²) in [5.41, 5.74) is 6.80. The number of benzene rings is 3. The van der Waals surface area contributed by atoms with Crippen LogP contribution in [0.1, 0.15) is 0 Å². The number of hydrogen-bond donors (Lipinski definition) is 0. The molecule has 0 amide bonds. The van der Waals surface area contributed by atoms with Crippen molar-refractivity contribution in [1.82, 2.24) is 0 Å². The number of fused-ring (bicyclic) bond motifs is 2. The molecule has 2 aliphatic heterocycles. The van der Waals surface area contributed by atoms with Gasteiger partial charge in [0.15, 0.2) is 0 Å². The van der Waals surface area contributed by atoms with E-state index >= 15 is 0 Å². The zero-order valence-electron chi connectivity index (χ0n) is 15.5. The van der Waals surface area contributed by atoms with Crippen molar-refractivity contribution in [2.24, 2.45) is 0 Å². The standard InChI is InChI=1S/C22H19N4.ClH.Cu/c1-23-15-25(21-12-5-3-10-19(21)23)17-8-7-9-18(14-17)26-16-24(2)20-11-4-6-13-22(20)26;;/h3-13,15-16H,1-2H3;1H;/q-3;;+1/p-1. The molecule has 3 aromatic carbocycles. The number of nitrogens with zero attached hydrogens (tertiary/aromatic N) is 4. The van der Waals surface area contributed by atoms with Gasteiger partial charge in [-0.05, 0) is 38.4 Å². The monoisotopic (exact) mass is 437 g/mol. The Morgan fingerprint density at radius 1 is 0.643 bits per heavy atom. The first-order chi connectivity index (χ1) is 13.7. The Morgan fingerprint density at radius 3 is 1.46 bits per heavy atom. The van der Waals surface area contributed by atoms with E-state index in [-0.39, 0.29) is 0 Å². The molecule has 2 heterocycles. The zero-order chi connectivity index (χ0) is 19.7. The number of para-hydroxylation sites is 4. The molecule has 0 fully saturated rings. The van der Waals surface area contributed by atoms with E-state index in [0.717, 1.165) is 11.4 Å². The molecule has 148 valence electrons. The molecule has 0 saturated carbocycles. The minimum atomic E-state index is 1.03. The van der Waals surface area contributed by atoms with E-state index in [1.165, 1.54) is 22.7 Å². The average molecular weight is 438 g/mol. The van der Waals surface area contributed by atoms with Gasteiger partial charge in [-0.3, -0.25) is 0 Å². The average Bonchev–Trinajstić information content (AvgIpc) is 3.28. The van der Waals surface area contributed by atoms with E-state index < -0.39 is 0 Å². The van der Waals surface area contributed by atoms with Gasteiger partial charge >= 0.3 is 25.2 Å². The number of hydrogen-bond acceptors (Lipinski definition) is 4. The first kappa shape index (κ1) is 19.0. The topological polar surface area (TPSA) is 13.0 Å². The van der Waals surface area contributed by atoms with Crippen LogP contribution < -0.4 is 19.6 Å². The summed E-state index contributed by atoms with van der Waals surface area (Å²) in [6, 6.07) is 26.7. The van der Waals surface area contributed by atoms with Crippen LogP contribution in [0.15, 0.2) is 66.7 Å². The molecule has 0 unspecified atom stereocenters. The van der Waals surface area contributed by atoms with Crippen molar-refractivity contribution in [3.05, 3.63) is 86.1 Å². The summed E-state index contributed by atoms with van der Waals surface area (Å²) >= 11 is 3.66. The number of rotatable bonds is 2. The second kappa shape index (κ2) is 7.96. The third-order valence-electron chi connectivity index (χ3n) is 4.90. The van der Waals surface area contributed by atoms with Gasteiger partial charge in [0.05, 0.1) is 0 Å². The van der Waals surface area contributed by atoms with Crippen molar-refractivity contribution in [3.8, 4) is 0 Å². The van der Waals surface area contributed by atoms with Gasteiger partial charge in [-0.15, -0.1) is 29.6 Å². The van der Waals surface area contributed by atoms with Crippen LogP contribution >= 0.6 is 10.1 Å². The molecule has 5 rings (SSSR count). The third-order valence-corrected chi connectivity index (χ3v) is 4.90. The first-order valence-electron chi connectivity index (χ1n) is 8.78. The Kier molecular flexibility index (Phi) is 5.40. The fourth-order valence-corrected chi connectivity index (χ4v) is 3.64. The molecule has 0 aromatic heterocycles. The van der Waals surface area contributed by atoms with E-state index in [4.69, 9.17) is 0 Å². The molecule has 0 saturated heterocycles. The molecule has 0 N–H and O–H groups in total. The fraction of sp³-hybridized carbons (Fsp3) is 0.0909. The van der Waals surface area contributed by atoms with Crippen molar-refractivity contribution < 1.29 is 15.1 Å². The van der Waals surface area contributed by atoms with Gasteiger partial charge in [0.2, 0.25) is 0 Å². The van der Waals surface area contributed by atoms with E-state index in [2.05, 4.69) is 145 Å². The number of anilines is 6. The normalized spacial score (nSPS) is 14.6. The second-order valence-electron chi connectivity index (χ2n) is 6.59. The summed E-state index contributed by atoms with van der Waals surface area (Å²) in [6.45, 7) is 4.21. The molecule has 0 aliphatic carbocycles. The fourth-order valence-electron chi connectivity index (χ4n) is 3.64. The molecular formula is C22H19ClCuN4-3. The molecule has 28 heavy (non-hydrogen) atoms. The van der Waals surface area contributed by atoms with Gasteiger partial charge in [0.25, 0.3) is 0 Å². The first-order valence-corrected chi connectivity index (χ1v) is 10.1. The van der Waals surface area contributed by atoms with E-state index in [1.54, 1.807) is 0 Å². The van der Waals surface area contributed by atoms with Gasteiger partial charge in [-0.1, -0.05) is 24.3 Å². The molecule has 0 bridgehead atoms. The van der Waals surface area contributed by atoms with Gasteiger partial charge in [0, 0.05) is 22.7 Å². The van der Waals surface area contributed by atoms with Crippen molar-refractivity contribution in [2.45, 2.75) is 0 Å². The Bertz CT molecular complexity index is 905. The van der Waals surface area contributed by atoms with Crippen molar-refractivity contribution in [1.29, 1.82) is 0 Å². The predicted octanol–water partition coefficient (Wildman–Crippen LogP) is 5.59. The summed E-state index contributed by atoms with van der Waals surface area (Å²) in [4.78, 5) is 8.65. The Morgan fingerprint density at radius 2 is 1.04 bits per heavy atom. The Labute approximate surface area is 179 Å². The van der Waals surface area contributed by atoms with Crippen molar-refractivity contribution in [2.75, 3.05) is 33.7 Å². The SMILES string of the molecule is CN1[CH-]N(c2[c-]c(N3[CH-]N(C)c4ccccc43)ccc2)c2ccccc21.[Cl][Cu]. The Balaban J connectivity index is 0.000000932. The maximum absolute atomic E-state index is 4.20. The van der Waals surface area contributed by atoms with Crippen LogP contribution in [-0.2, 0) is 15.1 Å². The quantitative estimate of drug-likeness (QED) is 0.382. The van der Waals surface area contributed by atoms with Crippen LogP contribution in [0.3, 0.4) is 0 Å². The predicted molar refractivity (Wildman–Crippen MR) is 114 cm³/mol. The number of halogens is 1. The van der Waals surface area contributed by atoms with Gasteiger partial charge in [-0.2, -0.15) is 19.4 Å². The van der Waals surface area contributed by atoms with Crippen molar-refractivity contribution in [3.63, 3.8) is 0 Å². The third kappa shape index (κ3) is 3.20. The molecule has 0 spiro atoms. The van der Waals surface area contributed by atoms with Crippen LogP contribution in [0.25, 0.3) is 0 Å². The van der Waals surface area contributed by atoms with Crippen LogP contribution in [0.5, 0.6) is 0 Å². The summed E-state index contributed by atoms with van der Waals surface area (Å²) in [5.74, 6) is 0. The molecule has 0 radical (unpaired) electrons. The second-order valence-corrected chi connectivity index (χ2v) is 6.59. The van der Waals surface area contributed by atoms with E-state index in [1.807, 2.05) is 0 Å². The minimum absolute atomic E-state index is 1.03. The van der Waals surface area contributed by atoms with Crippen LogP contribution in [0.4, 0.5) is 34.1 Å².